The minimum Gasteiger partial charge on any atom is -0.363 e. The molecule has 2 heteroatoms. The van der Waals surface area contributed by atoms with Gasteiger partial charge in [0.1, 0.15) is 0 Å². The topological polar surface area (TPSA) is 9.23 Å². The van der Waals surface area contributed by atoms with Gasteiger partial charge in [0.05, 0.1) is 11.7 Å². The summed E-state index contributed by atoms with van der Waals surface area (Å²) >= 11 is 3.58. The van der Waals surface area contributed by atoms with Crippen LogP contribution in [0.3, 0.4) is 0 Å². The molecule has 122 valence electrons. The summed E-state index contributed by atoms with van der Waals surface area (Å²) in [6.45, 7) is 6.41. The summed E-state index contributed by atoms with van der Waals surface area (Å²) < 4.78 is 7.48. The zero-order valence-corrected chi connectivity index (χ0v) is 15.8. The fourth-order valence-corrected chi connectivity index (χ4v) is 4.04. The highest BCUT2D eigenvalue weighted by atomic mass is 79.9. The van der Waals surface area contributed by atoms with Gasteiger partial charge in [-0.15, -0.1) is 0 Å². The largest absolute Gasteiger partial charge is 0.363 e. The normalized spacial score (nSPS) is 24.1. The molecule has 0 N–H and O–H groups in total. The second kappa shape index (κ2) is 5.72. The Balaban J connectivity index is 1.89. The first kappa shape index (κ1) is 15.9. The third-order valence-electron chi connectivity index (χ3n) is 4.79. The van der Waals surface area contributed by atoms with E-state index in [2.05, 4.69) is 97.4 Å². The maximum absolute atomic E-state index is 6.37. The molecule has 1 aliphatic carbocycles. The highest BCUT2D eigenvalue weighted by molar-refractivity contribution is 9.10. The maximum Gasteiger partial charge on any atom is 0.0879 e. The molecule has 0 aromatic heterocycles. The van der Waals surface area contributed by atoms with Crippen LogP contribution in [0, 0.1) is 12.8 Å². The zero-order chi connectivity index (χ0) is 16.9. The standard InChI is InChI=1S/C22H21BrO/c1-14-4-6-15(7-5-14)20-13-22(2,3)24-21-12-16-8-9-18(23)10-17(16)11-19(20)21/h4-13,19,21H,1-3H3. The van der Waals surface area contributed by atoms with Crippen molar-refractivity contribution >= 4 is 33.7 Å². The summed E-state index contributed by atoms with van der Waals surface area (Å²) in [5.41, 5.74) is 3.67. The monoisotopic (exact) mass is 380 g/mol. The Labute approximate surface area is 151 Å². The molecule has 2 unspecified atom stereocenters. The van der Waals surface area contributed by atoms with Crippen molar-refractivity contribution in [1.82, 2.24) is 0 Å². The van der Waals surface area contributed by atoms with Crippen molar-refractivity contribution in [2.45, 2.75) is 32.5 Å². The first-order valence-corrected chi connectivity index (χ1v) is 9.17. The molecule has 1 heterocycles. The molecule has 0 fully saturated rings. The van der Waals surface area contributed by atoms with Gasteiger partial charge in [-0.1, -0.05) is 57.9 Å². The van der Waals surface area contributed by atoms with Crippen LogP contribution in [0.25, 0.3) is 17.7 Å². The van der Waals surface area contributed by atoms with Crippen molar-refractivity contribution in [2.75, 3.05) is 0 Å². The molecule has 2 atom stereocenters. The summed E-state index contributed by atoms with van der Waals surface area (Å²) in [5, 5.41) is 2.52. The van der Waals surface area contributed by atoms with E-state index in [1.54, 1.807) is 0 Å². The molecule has 24 heavy (non-hydrogen) atoms. The van der Waals surface area contributed by atoms with Gasteiger partial charge in [-0.3, -0.25) is 0 Å². The Morgan fingerprint density at radius 2 is 1.71 bits per heavy atom. The van der Waals surface area contributed by atoms with Crippen LogP contribution in [0.15, 0.2) is 53.0 Å². The molecule has 2 aromatic carbocycles. The van der Waals surface area contributed by atoms with Gasteiger partial charge in [0, 0.05) is 10.4 Å². The van der Waals surface area contributed by atoms with E-state index in [1.165, 1.54) is 27.1 Å². The highest BCUT2D eigenvalue weighted by Crippen LogP contribution is 2.39. The molecule has 2 aromatic rings. The number of hydrogen-bond donors (Lipinski definition) is 0. The number of fused-ring (bicyclic) bond motifs is 2. The molecular weight excluding hydrogens is 360 g/mol. The lowest BCUT2D eigenvalue weighted by Gasteiger charge is -2.39. The van der Waals surface area contributed by atoms with E-state index < -0.39 is 0 Å². The molecule has 0 bridgehead atoms. The van der Waals surface area contributed by atoms with Crippen molar-refractivity contribution in [1.29, 1.82) is 0 Å². The molecule has 0 saturated carbocycles. The average molecular weight is 381 g/mol. The summed E-state index contributed by atoms with van der Waals surface area (Å²) in [4.78, 5) is 0. The second-order valence-electron chi connectivity index (χ2n) is 7.28. The van der Waals surface area contributed by atoms with E-state index in [4.69, 9.17) is 4.74 Å². The Kier molecular flexibility index (Phi) is 3.78. The molecule has 4 rings (SSSR count). The molecule has 1 aliphatic heterocycles. The lowest BCUT2D eigenvalue weighted by atomic mass is 9.79. The molecule has 1 nitrogen and oxygen atoms in total. The van der Waals surface area contributed by atoms with E-state index in [1.807, 2.05) is 0 Å². The highest BCUT2D eigenvalue weighted by Gasteiger charge is 2.35. The van der Waals surface area contributed by atoms with Gasteiger partial charge in [-0.05, 0) is 66.6 Å². The number of ether oxygens (including phenoxy) is 1. The first-order chi connectivity index (χ1) is 11.4. The minimum atomic E-state index is -0.265. The third kappa shape index (κ3) is 2.89. The van der Waals surface area contributed by atoms with E-state index >= 15 is 0 Å². The van der Waals surface area contributed by atoms with Gasteiger partial charge < -0.3 is 4.74 Å². The van der Waals surface area contributed by atoms with Crippen LogP contribution in [-0.2, 0) is 4.74 Å². The number of rotatable bonds is 1. The number of hydrogen-bond acceptors (Lipinski definition) is 1. The summed E-state index contributed by atoms with van der Waals surface area (Å²) in [7, 11) is 0. The Morgan fingerprint density at radius 3 is 2.46 bits per heavy atom. The fourth-order valence-electron chi connectivity index (χ4n) is 3.66. The molecule has 2 aliphatic rings. The first-order valence-electron chi connectivity index (χ1n) is 8.38. The summed E-state index contributed by atoms with van der Waals surface area (Å²) in [6.07, 6.45) is 6.99. The van der Waals surface area contributed by atoms with Crippen molar-refractivity contribution in [2.24, 2.45) is 5.92 Å². The van der Waals surface area contributed by atoms with Crippen LogP contribution in [0.5, 0.6) is 0 Å². The van der Waals surface area contributed by atoms with Gasteiger partial charge in [0.25, 0.3) is 0 Å². The van der Waals surface area contributed by atoms with Crippen molar-refractivity contribution < 1.29 is 4.74 Å². The Hall–Kier alpha value is -1.64. The van der Waals surface area contributed by atoms with E-state index in [0.717, 1.165) is 4.47 Å². The van der Waals surface area contributed by atoms with Crippen molar-refractivity contribution in [3.05, 3.63) is 74.6 Å². The van der Waals surface area contributed by atoms with Gasteiger partial charge in [-0.25, -0.2) is 0 Å². The summed E-state index contributed by atoms with van der Waals surface area (Å²) in [5.74, 6) is 0.252. The van der Waals surface area contributed by atoms with E-state index in [0.29, 0.717) is 0 Å². The van der Waals surface area contributed by atoms with Crippen LogP contribution in [0.1, 0.15) is 25.0 Å². The summed E-state index contributed by atoms with van der Waals surface area (Å²) in [6, 6.07) is 15.3. The van der Waals surface area contributed by atoms with Gasteiger partial charge in [-0.2, -0.15) is 0 Å². The SMILES string of the molecule is Cc1ccc(C2=CC(C)(C)OC3C=c4ccc(Br)cc4=CC23)cc1. The van der Waals surface area contributed by atoms with Crippen LogP contribution in [0.2, 0.25) is 0 Å². The van der Waals surface area contributed by atoms with Crippen LogP contribution in [-0.4, -0.2) is 11.7 Å². The van der Waals surface area contributed by atoms with Crippen LogP contribution in [0.4, 0.5) is 0 Å². The van der Waals surface area contributed by atoms with Crippen molar-refractivity contribution in [3.63, 3.8) is 0 Å². The van der Waals surface area contributed by atoms with Crippen molar-refractivity contribution in [3.8, 4) is 0 Å². The second-order valence-corrected chi connectivity index (χ2v) is 8.20. The molecule has 0 radical (unpaired) electrons. The Morgan fingerprint density at radius 1 is 0.958 bits per heavy atom. The number of aryl methyl sites for hydroxylation is 1. The van der Waals surface area contributed by atoms with Crippen LogP contribution >= 0.6 is 15.9 Å². The Bertz CT molecular complexity index is 935. The maximum atomic E-state index is 6.37. The minimum absolute atomic E-state index is 0.0787. The van der Waals surface area contributed by atoms with E-state index in [9.17, 15) is 0 Å². The average Bonchev–Trinajstić information content (AvgIpc) is 2.53. The van der Waals surface area contributed by atoms with Gasteiger partial charge in [0.2, 0.25) is 0 Å². The third-order valence-corrected chi connectivity index (χ3v) is 5.29. The molecule has 0 spiro atoms. The molecule has 0 amide bonds. The number of benzene rings is 2. The van der Waals surface area contributed by atoms with Gasteiger partial charge in [0.15, 0.2) is 0 Å². The smallest absolute Gasteiger partial charge is 0.0879 e. The lowest BCUT2D eigenvalue weighted by molar-refractivity contribution is -0.0261. The zero-order valence-electron chi connectivity index (χ0n) is 14.2. The van der Waals surface area contributed by atoms with Gasteiger partial charge >= 0.3 is 0 Å². The number of halogens is 1. The fraction of sp³-hybridized carbons (Fsp3) is 0.273. The predicted octanol–water partition coefficient (Wildman–Crippen LogP) is 4.21. The lowest BCUT2D eigenvalue weighted by Crippen LogP contribution is -2.43. The molecular formula is C22H21BrO. The molecule has 0 saturated heterocycles. The predicted molar refractivity (Wildman–Crippen MR) is 104 cm³/mol. The van der Waals surface area contributed by atoms with Crippen LogP contribution < -0.4 is 10.4 Å². The quantitative estimate of drug-likeness (QED) is 0.719. The van der Waals surface area contributed by atoms with E-state index in [-0.39, 0.29) is 17.6 Å².